The maximum absolute atomic E-state index is 12.4. The predicted molar refractivity (Wildman–Crippen MR) is 103 cm³/mol. The average Bonchev–Trinajstić information content (AvgIpc) is 2.62. The van der Waals surface area contributed by atoms with Gasteiger partial charge in [0.2, 0.25) is 0 Å². The summed E-state index contributed by atoms with van der Waals surface area (Å²) in [5.41, 5.74) is 1.26. The first-order chi connectivity index (χ1) is 12.0. The van der Waals surface area contributed by atoms with Crippen molar-refractivity contribution in [3.63, 3.8) is 0 Å². The van der Waals surface area contributed by atoms with Crippen molar-refractivity contribution in [3.05, 3.63) is 24.3 Å². The first-order valence-corrected chi connectivity index (χ1v) is 9.27. The van der Waals surface area contributed by atoms with Gasteiger partial charge in [0.15, 0.2) is 0 Å². The van der Waals surface area contributed by atoms with Crippen LogP contribution >= 0.6 is 0 Å². The van der Waals surface area contributed by atoms with Crippen molar-refractivity contribution in [1.82, 2.24) is 10.2 Å². The molecule has 1 fully saturated rings. The van der Waals surface area contributed by atoms with Crippen LogP contribution in [0, 0.1) is 0 Å². The van der Waals surface area contributed by atoms with Crippen LogP contribution in [-0.2, 0) is 0 Å². The fourth-order valence-corrected chi connectivity index (χ4v) is 3.32. The topological polar surface area (TPSA) is 67.8 Å². The molecule has 1 heterocycles. The van der Waals surface area contributed by atoms with E-state index in [0.717, 1.165) is 56.9 Å². The van der Waals surface area contributed by atoms with Gasteiger partial charge in [-0.2, -0.15) is 0 Å². The molecule has 0 radical (unpaired) electrons. The zero-order valence-corrected chi connectivity index (χ0v) is 15.7. The Balaban J connectivity index is 2.04. The third-order valence-electron chi connectivity index (χ3n) is 4.88. The van der Waals surface area contributed by atoms with E-state index in [9.17, 15) is 9.90 Å². The van der Waals surface area contributed by atoms with E-state index in [2.05, 4.69) is 33.4 Å². The molecule has 6 nitrogen and oxygen atoms in total. The van der Waals surface area contributed by atoms with Crippen LogP contribution in [0.3, 0.4) is 0 Å². The van der Waals surface area contributed by atoms with Gasteiger partial charge in [-0.15, -0.1) is 0 Å². The van der Waals surface area contributed by atoms with Crippen LogP contribution in [-0.4, -0.2) is 60.9 Å². The number of hydrogen-bond donors (Lipinski definition) is 3. The highest BCUT2D eigenvalue weighted by atomic mass is 16.3. The van der Waals surface area contributed by atoms with E-state index in [4.69, 9.17) is 0 Å². The van der Waals surface area contributed by atoms with Gasteiger partial charge in [0, 0.05) is 26.2 Å². The molecule has 0 aliphatic carbocycles. The molecule has 6 heteroatoms. The third-order valence-corrected chi connectivity index (χ3v) is 4.88. The number of benzene rings is 1. The van der Waals surface area contributed by atoms with E-state index < -0.39 is 5.54 Å². The number of para-hydroxylation sites is 2. The van der Waals surface area contributed by atoms with Crippen molar-refractivity contribution in [2.24, 2.45) is 0 Å². The van der Waals surface area contributed by atoms with E-state index >= 15 is 0 Å². The van der Waals surface area contributed by atoms with Gasteiger partial charge in [0.1, 0.15) is 0 Å². The molecule has 25 heavy (non-hydrogen) atoms. The van der Waals surface area contributed by atoms with Crippen molar-refractivity contribution in [3.8, 4) is 0 Å². The van der Waals surface area contributed by atoms with Gasteiger partial charge in [-0.05, 0) is 32.0 Å². The van der Waals surface area contributed by atoms with Crippen LogP contribution in [0.4, 0.5) is 16.2 Å². The lowest BCUT2D eigenvalue weighted by Gasteiger charge is -2.36. The molecule has 3 N–H and O–H groups in total. The first kappa shape index (κ1) is 19.5. The van der Waals surface area contributed by atoms with Gasteiger partial charge in [-0.25, -0.2) is 4.79 Å². The molecular weight excluding hydrogens is 316 g/mol. The van der Waals surface area contributed by atoms with Crippen LogP contribution in [0.15, 0.2) is 24.3 Å². The number of urea groups is 1. The van der Waals surface area contributed by atoms with Crippen LogP contribution in [0.25, 0.3) is 0 Å². The smallest absolute Gasteiger partial charge is 0.319 e. The van der Waals surface area contributed by atoms with E-state index in [-0.39, 0.29) is 12.6 Å². The van der Waals surface area contributed by atoms with Crippen LogP contribution in [0.2, 0.25) is 0 Å². The van der Waals surface area contributed by atoms with Crippen molar-refractivity contribution >= 4 is 17.4 Å². The minimum absolute atomic E-state index is 0.0745. The van der Waals surface area contributed by atoms with Gasteiger partial charge >= 0.3 is 6.03 Å². The monoisotopic (exact) mass is 348 g/mol. The quantitative estimate of drug-likeness (QED) is 0.708. The first-order valence-electron chi connectivity index (χ1n) is 9.27. The average molecular weight is 348 g/mol. The van der Waals surface area contributed by atoms with Crippen LogP contribution in [0.5, 0.6) is 0 Å². The summed E-state index contributed by atoms with van der Waals surface area (Å²) in [7, 11) is 0. The third kappa shape index (κ3) is 5.34. The summed E-state index contributed by atoms with van der Waals surface area (Å²) in [5.74, 6) is 0. The number of amides is 2. The molecule has 1 aromatic carbocycles. The normalized spacial score (nSPS) is 17.8. The number of aliphatic hydroxyl groups is 1. The second-order valence-electron chi connectivity index (χ2n) is 6.99. The molecule has 0 aromatic heterocycles. The van der Waals surface area contributed by atoms with Crippen molar-refractivity contribution in [2.75, 3.05) is 49.5 Å². The number of nitrogens with zero attached hydrogens (tertiary/aromatic N) is 2. The maximum Gasteiger partial charge on any atom is 0.319 e. The number of nitrogens with one attached hydrogen (secondary N) is 2. The Morgan fingerprint density at radius 3 is 2.48 bits per heavy atom. The number of likely N-dealkylation sites (N-methyl/N-ethyl adjacent to an activating group) is 1. The van der Waals surface area contributed by atoms with Gasteiger partial charge < -0.3 is 25.5 Å². The van der Waals surface area contributed by atoms with Crippen molar-refractivity contribution in [1.29, 1.82) is 0 Å². The Bertz CT molecular complexity index is 558. The van der Waals surface area contributed by atoms with E-state index in [1.54, 1.807) is 0 Å². The molecule has 1 aliphatic heterocycles. The summed E-state index contributed by atoms with van der Waals surface area (Å²) in [6, 6.07) is 7.63. The summed E-state index contributed by atoms with van der Waals surface area (Å²) in [6.45, 7) is 11.1. The lowest BCUT2D eigenvalue weighted by atomic mass is 9.98. The summed E-state index contributed by atoms with van der Waals surface area (Å²) in [4.78, 5) is 17.2. The largest absolute Gasteiger partial charge is 0.394 e. The van der Waals surface area contributed by atoms with Crippen LogP contribution in [0.1, 0.15) is 33.6 Å². The van der Waals surface area contributed by atoms with Gasteiger partial charge in [0.25, 0.3) is 0 Å². The zero-order valence-electron chi connectivity index (χ0n) is 15.7. The lowest BCUT2D eigenvalue weighted by Crippen LogP contribution is -2.50. The highest BCUT2D eigenvalue weighted by Gasteiger charge is 2.25. The molecule has 0 bridgehead atoms. The van der Waals surface area contributed by atoms with Crippen LogP contribution < -0.4 is 15.5 Å². The number of rotatable bonds is 7. The molecular formula is C19H32N4O2. The molecule has 2 rings (SSSR count). The Kier molecular flexibility index (Phi) is 7.08. The maximum atomic E-state index is 12.4. The molecule has 0 saturated carbocycles. The Morgan fingerprint density at radius 1 is 1.20 bits per heavy atom. The van der Waals surface area contributed by atoms with Crippen molar-refractivity contribution < 1.29 is 9.90 Å². The summed E-state index contributed by atoms with van der Waals surface area (Å²) < 4.78 is 0. The van der Waals surface area contributed by atoms with Gasteiger partial charge in [-0.1, -0.05) is 32.4 Å². The highest BCUT2D eigenvalue weighted by molar-refractivity contribution is 5.93. The van der Waals surface area contributed by atoms with E-state index in [1.807, 2.05) is 32.0 Å². The predicted octanol–water partition coefficient (Wildman–Crippen LogP) is 2.50. The number of aliphatic hydroxyl groups excluding tert-OH is 1. The molecule has 1 saturated heterocycles. The minimum Gasteiger partial charge on any atom is -0.394 e. The Morgan fingerprint density at radius 2 is 1.88 bits per heavy atom. The second-order valence-corrected chi connectivity index (χ2v) is 6.99. The number of piperazine rings is 1. The van der Waals surface area contributed by atoms with E-state index in [0.29, 0.717) is 0 Å². The molecule has 2 amide bonds. The number of anilines is 2. The van der Waals surface area contributed by atoms with Gasteiger partial charge in [0.05, 0.1) is 23.5 Å². The fraction of sp³-hybridized carbons (Fsp3) is 0.632. The molecule has 1 aliphatic rings. The fourth-order valence-electron chi connectivity index (χ4n) is 3.32. The SMILES string of the molecule is CCCC(C)(CO)NC(=O)Nc1ccccc1N1CCN(CC)CC1. The summed E-state index contributed by atoms with van der Waals surface area (Å²) in [5, 5.41) is 15.5. The molecule has 140 valence electrons. The second kappa shape index (κ2) is 9.06. The number of hydrogen-bond acceptors (Lipinski definition) is 4. The van der Waals surface area contributed by atoms with Crippen molar-refractivity contribution in [2.45, 2.75) is 39.2 Å². The molecule has 1 unspecified atom stereocenters. The highest BCUT2D eigenvalue weighted by Crippen LogP contribution is 2.26. The Hall–Kier alpha value is -1.79. The number of carbonyl (C=O) groups is 1. The minimum atomic E-state index is -0.597. The molecule has 0 spiro atoms. The lowest BCUT2D eigenvalue weighted by molar-refractivity contribution is 0.167. The summed E-state index contributed by atoms with van der Waals surface area (Å²) >= 11 is 0. The molecule has 1 atom stereocenters. The standard InChI is InChI=1S/C19H32N4O2/c1-4-10-19(3,15-24)21-18(25)20-16-8-6-7-9-17(16)23-13-11-22(5-2)12-14-23/h6-9,24H,4-5,10-15H2,1-3H3,(H2,20,21,25). The van der Waals surface area contributed by atoms with E-state index in [1.165, 1.54) is 0 Å². The Labute approximate surface area is 151 Å². The van der Waals surface area contributed by atoms with Gasteiger partial charge in [-0.3, -0.25) is 0 Å². The summed E-state index contributed by atoms with van der Waals surface area (Å²) in [6.07, 6.45) is 1.63. The number of carbonyl (C=O) groups excluding carboxylic acids is 1. The molecule has 1 aromatic rings. The zero-order chi connectivity index (χ0) is 18.3.